The quantitative estimate of drug-likeness (QED) is 0.890. The standard InChI is InChI=1S/C15H24N2O/c1-2-5-13-6-4-10-17(11-9-13)15-8-3-7-14(12-18)16-15/h3,7-8,13,18H,2,4-6,9-12H2,1H3. The summed E-state index contributed by atoms with van der Waals surface area (Å²) in [5, 5.41) is 9.15. The molecule has 0 aliphatic carbocycles. The molecule has 0 amide bonds. The van der Waals surface area contributed by atoms with Gasteiger partial charge in [-0.25, -0.2) is 4.98 Å². The fourth-order valence-corrected chi connectivity index (χ4v) is 2.82. The average molecular weight is 248 g/mol. The molecule has 1 aromatic heterocycles. The monoisotopic (exact) mass is 248 g/mol. The largest absolute Gasteiger partial charge is 0.390 e. The third-order valence-corrected chi connectivity index (χ3v) is 3.82. The minimum atomic E-state index is 0.0279. The van der Waals surface area contributed by atoms with E-state index in [1.165, 1.54) is 32.1 Å². The van der Waals surface area contributed by atoms with E-state index in [1.54, 1.807) is 0 Å². The van der Waals surface area contributed by atoms with E-state index in [0.717, 1.165) is 30.5 Å². The van der Waals surface area contributed by atoms with Gasteiger partial charge in [0.2, 0.25) is 0 Å². The molecule has 2 heterocycles. The molecule has 1 unspecified atom stereocenters. The van der Waals surface area contributed by atoms with Crippen molar-refractivity contribution in [2.24, 2.45) is 5.92 Å². The molecule has 1 N–H and O–H groups in total. The van der Waals surface area contributed by atoms with E-state index < -0.39 is 0 Å². The lowest BCUT2D eigenvalue weighted by Gasteiger charge is -2.22. The predicted molar refractivity (Wildman–Crippen MR) is 74.6 cm³/mol. The van der Waals surface area contributed by atoms with Gasteiger partial charge in [0.05, 0.1) is 12.3 Å². The molecule has 1 atom stereocenters. The average Bonchev–Trinajstić information content (AvgIpc) is 2.65. The van der Waals surface area contributed by atoms with Gasteiger partial charge in [-0.05, 0) is 37.3 Å². The minimum absolute atomic E-state index is 0.0279. The highest BCUT2D eigenvalue weighted by molar-refractivity contribution is 5.39. The molecule has 1 saturated heterocycles. The van der Waals surface area contributed by atoms with E-state index in [-0.39, 0.29) is 6.61 Å². The second-order valence-electron chi connectivity index (χ2n) is 5.22. The normalized spacial score (nSPS) is 20.8. The molecule has 1 aliphatic rings. The topological polar surface area (TPSA) is 36.4 Å². The van der Waals surface area contributed by atoms with Gasteiger partial charge in [-0.1, -0.05) is 25.8 Å². The molecule has 0 aromatic carbocycles. The Labute approximate surface area is 110 Å². The van der Waals surface area contributed by atoms with E-state index in [9.17, 15) is 0 Å². The highest BCUT2D eigenvalue weighted by atomic mass is 16.3. The Morgan fingerprint density at radius 2 is 2.22 bits per heavy atom. The van der Waals surface area contributed by atoms with E-state index in [2.05, 4.69) is 22.9 Å². The zero-order valence-electron chi connectivity index (χ0n) is 11.3. The van der Waals surface area contributed by atoms with Crippen LogP contribution in [0, 0.1) is 5.92 Å². The number of pyridine rings is 1. The molecule has 2 rings (SSSR count). The SMILES string of the molecule is CCCC1CCCN(c2cccc(CO)n2)CC1. The van der Waals surface area contributed by atoms with Gasteiger partial charge in [0.1, 0.15) is 5.82 Å². The molecule has 1 fully saturated rings. The third-order valence-electron chi connectivity index (χ3n) is 3.82. The van der Waals surface area contributed by atoms with Gasteiger partial charge in [0.25, 0.3) is 0 Å². The number of anilines is 1. The molecule has 0 bridgehead atoms. The molecular weight excluding hydrogens is 224 g/mol. The molecule has 1 aromatic rings. The van der Waals surface area contributed by atoms with Gasteiger partial charge in [0, 0.05) is 13.1 Å². The van der Waals surface area contributed by atoms with Crippen LogP contribution in [0.3, 0.4) is 0 Å². The first-order chi connectivity index (χ1) is 8.83. The van der Waals surface area contributed by atoms with Crippen LogP contribution in [0.5, 0.6) is 0 Å². The van der Waals surface area contributed by atoms with Crippen LogP contribution in [0.4, 0.5) is 5.82 Å². The molecule has 3 heteroatoms. The van der Waals surface area contributed by atoms with Gasteiger partial charge in [-0.3, -0.25) is 0 Å². The number of aromatic nitrogens is 1. The Balaban J connectivity index is 2.00. The Hall–Kier alpha value is -1.09. The Bertz CT molecular complexity index is 367. The lowest BCUT2D eigenvalue weighted by molar-refractivity contribution is 0.277. The maximum absolute atomic E-state index is 9.15. The lowest BCUT2D eigenvalue weighted by Crippen LogP contribution is -2.25. The molecule has 0 radical (unpaired) electrons. The van der Waals surface area contributed by atoms with Crippen molar-refractivity contribution < 1.29 is 5.11 Å². The van der Waals surface area contributed by atoms with Gasteiger partial charge in [0.15, 0.2) is 0 Å². The second-order valence-corrected chi connectivity index (χ2v) is 5.22. The van der Waals surface area contributed by atoms with Crippen LogP contribution in [0.1, 0.15) is 44.7 Å². The van der Waals surface area contributed by atoms with Crippen molar-refractivity contribution in [2.75, 3.05) is 18.0 Å². The number of hydrogen-bond acceptors (Lipinski definition) is 3. The van der Waals surface area contributed by atoms with Crippen molar-refractivity contribution >= 4 is 5.82 Å². The highest BCUT2D eigenvalue weighted by Gasteiger charge is 2.17. The minimum Gasteiger partial charge on any atom is -0.390 e. The van der Waals surface area contributed by atoms with Crippen molar-refractivity contribution in [3.63, 3.8) is 0 Å². The number of aliphatic hydroxyl groups excluding tert-OH is 1. The summed E-state index contributed by atoms with van der Waals surface area (Å²) in [5.41, 5.74) is 0.766. The molecule has 0 saturated carbocycles. The fraction of sp³-hybridized carbons (Fsp3) is 0.667. The van der Waals surface area contributed by atoms with Crippen LogP contribution < -0.4 is 4.90 Å². The van der Waals surface area contributed by atoms with Gasteiger partial charge in [-0.2, -0.15) is 0 Å². The smallest absolute Gasteiger partial charge is 0.128 e. The van der Waals surface area contributed by atoms with Crippen molar-refractivity contribution in [1.29, 1.82) is 0 Å². The van der Waals surface area contributed by atoms with Crippen LogP contribution >= 0.6 is 0 Å². The van der Waals surface area contributed by atoms with Crippen molar-refractivity contribution in [3.8, 4) is 0 Å². The maximum Gasteiger partial charge on any atom is 0.128 e. The summed E-state index contributed by atoms with van der Waals surface area (Å²) < 4.78 is 0. The molecule has 18 heavy (non-hydrogen) atoms. The Kier molecular flexibility index (Phi) is 5.00. The predicted octanol–water partition coefficient (Wildman–Crippen LogP) is 2.98. The highest BCUT2D eigenvalue weighted by Crippen LogP contribution is 2.24. The second kappa shape index (κ2) is 6.74. The first-order valence-electron chi connectivity index (χ1n) is 7.15. The van der Waals surface area contributed by atoms with Gasteiger partial charge < -0.3 is 10.0 Å². The van der Waals surface area contributed by atoms with Crippen LogP contribution in [0.25, 0.3) is 0 Å². The molecule has 100 valence electrons. The van der Waals surface area contributed by atoms with E-state index in [0.29, 0.717) is 0 Å². The summed E-state index contributed by atoms with van der Waals surface area (Å²) >= 11 is 0. The summed E-state index contributed by atoms with van der Waals surface area (Å²) in [6.45, 7) is 4.50. The van der Waals surface area contributed by atoms with Crippen LogP contribution in [0.2, 0.25) is 0 Å². The van der Waals surface area contributed by atoms with E-state index in [1.807, 2.05) is 12.1 Å². The number of nitrogens with zero attached hydrogens (tertiary/aromatic N) is 2. The maximum atomic E-state index is 9.15. The lowest BCUT2D eigenvalue weighted by atomic mass is 9.96. The van der Waals surface area contributed by atoms with Crippen LogP contribution in [-0.4, -0.2) is 23.2 Å². The fourth-order valence-electron chi connectivity index (χ4n) is 2.82. The number of hydrogen-bond donors (Lipinski definition) is 1. The molecule has 0 spiro atoms. The van der Waals surface area contributed by atoms with Crippen molar-refractivity contribution in [1.82, 2.24) is 4.98 Å². The number of aliphatic hydroxyl groups is 1. The zero-order valence-corrected chi connectivity index (χ0v) is 11.3. The summed E-state index contributed by atoms with van der Waals surface area (Å²) in [4.78, 5) is 6.87. The summed E-state index contributed by atoms with van der Waals surface area (Å²) in [6, 6.07) is 5.92. The van der Waals surface area contributed by atoms with E-state index >= 15 is 0 Å². The molecule has 1 aliphatic heterocycles. The summed E-state index contributed by atoms with van der Waals surface area (Å²) in [6.07, 6.45) is 6.54. The van der Waals surface area contributed by atoms with Crippen molar-refractivity contribution in [3.05, 3.63) is 23.9 Å². The Morgan fingerprint density at radius 3 is 3.00 bits per heavy atom. The zero-order chi connectivity index (χ0) is 12.8. The first kappa shape index (κ1) is 13.3. The summed E-state index contributed by atoms with van der Waals surface area (Å²) in [5.74, 6) is 1.92. The van der Waals surface area contributed by atoms with Crippen LogP contribution in [-0.2, 0) is 6.61 Å². The van der Waals surface area contributed by atoms with E-state index in [4.69, 9.17) is 5.11 Å². The van der Waals surface area contributed by atoms with Crippen LogP contribution in [0.15, 0.2) is 18.2 Å². The van der Waals surface area contributed by atoms with Crippen molar-refractivity contribution in [2.45, 2.75) is 45.6 Å². The first-order valence-corrected chi connectivity index (χ1v) is 7.15. The van der Waals surface area contributed by atoms with Gasteiger partial charge >= 0.3 is 0 Å². The molecule has 3 nitrogen and oxygen atoms in total. The molecular formula is C15H24N2O. The number of rotatable bonds is 4. The third kappa shape index (κ3) is 3.45. The van der Waals surface area contributed by atoms with Gasteiger partial charge in [-0.15, -0.1) is 0 Å². The summed E-state index contributed by atoms with van der Waals surface area (Å²) in [7, 11) is 0. The Morgan fingerprint density at radius 1 is 1.33 bits per heavy atom.